The van der Waals surface area contributed by atoms with Crippen molar-refractivity contribution in [3.8, 4) is 0 Å². The molecule has 2 N–H and O–H groups in total. The van der Waals surface area contributed by atoms with Crippen molar-refractivity contribution < 1.29 is 15.0 Å². The van der Waals surface area contributed by atoms with Gasteiger partial charge in [0.15, 0.2) is 0 Å². The third-order valence-corrected chi connectivity index (χ3v) is 3.32. The van der Waals surface area contributed by atoms with Gasteiger partial charge in [-0.15, -0.1) is 0 Å². The lowest BCUT2D eigenvalue weighted by atomic mass is 9.87. The maximum atomic E-state index is 10.8. The van der Waals surface area contributed by atoms with Crippen LogP contribution in [-0.4, -0.2) is 39.3 Å². The van der Waals surface area contributed by atoms with Crippen molar-refractivity contribution in [2.24, 2.45) is 0 Å². The van der Waals surface area contributed by atoms with Crippen molar-refractivity contribution in [3.05, 3.63) is 29.6 Å². The third kappa shape index (κ3) is 2.55. The van der Waals surface area contributed by atoms with Crippen LogP contribution in [0, 0.1) is 0 Å². The number of aliphatic hydroxyl groups excluding tert-OH is 1. The van der Waals surface area contributed by atoms with Crippen molar-refractivity contribution in [2.45, 2.75) is 25.4 Å². The van der Waals surface area contributed by atoms with Gasteiger partial charge < -0.3 is 15.1 Å². The number of pyridine rings is 1. The van der Waals surface area contributed by atoms with Gasteiger partial charge in [0.2, 0.25) is 0 Å². The lowest BCUT2D eigenvalue weighted by Gasteiger charge is -2.30. The van der Waals surface area contributed by atoms with Crippen molar-refractivity contribution in [3.63, 3.8) is 0 Å². The predicted molar refractivity (Wildman–Crippen MR) is 61.7 cm³/mol. The van der Waals surface area contributed by atoms with E-state index in [0.29, 0.717) is 19.0 Å². The first kappa shape index (κ1) is 11.9. The fourth-order valence-electron chi connectivity index (χ4n) is 2.35. The van der Waals surface area contributed by atoms with E-state index in [1.807, 2.05) is 6.07 Å². The number of hydrogen-bond acceptors (Lipinski definition) is 3. The molecule has 1 aromatic rings. The Hall–Kier alpha value is -1.62. The molecule has 1 aromatic heterocycles. The zero-order valence-electron chi connectivity index (χ0n) is 9.54. The van der Waals surface area contributed by atoms with Gasteiger partial charge in [-0.1, -0.05) is 0 Å². The van der Waals surface area contributed by atoms with E-state index >= 15 is 0 Å². The molecule has 0 unspecified atom stereocenters. The molecule has 5 nitrogen and oxygen atoms in total. The molecule has 1 aliphatic heterocycles. The molecule has 0 atom stereocenters. The minimum Gasteiger partial charge on any atom is -0.465 e. The van der Waals surface area contributed by atoms with Crippen LogP contribution in [0.4, 0.5) is 4.79 Å². The summed E-state index contributed by atoms with van der Waals surface area (Å²) in [5, 5.41) is 18.1. The Balaban J connectivity index is 2.07. The van der Waals surface area contributed by atoms with Crippen LogP contribution >= 0.6 is 0 Å². The largest absolute Gasteiger partial charge is 0.465 e. The third-order valence-electron chi connectivity index (χ3n) is 3.32. The zero-order valence-corrected chi connectivity index (χ0v) is 9.54. The van der Waals surface area contributed by atoms with Gasteiger partial charge >= 0.3 is 6.09 Å². The summed E-state index contributed by atoms with van der Waals surface area (Å²) in [4.78, 5) is 16.2. The number of amides is 1. The molecule has 0 aliphatic carbocycles. The van der Waals surface area contributed by atoms with Crippen LogP contribution in [0.3, 0.4) is 0 Å². The average molecular weight is 236 g/mol. The van der Waals surface area contributed by atoms with E-state index < -0.39 is 6.09 Å². The summed E-state index contributed by atoms with van der Waals surface area (Å²) in [7, 11) is 0. The molecule has 0 saturated carbocycles. The Morgan fingerprint density at radius 1 is 1.47 bits per heavy atom. The number of hydrogen-bond donors (Lipinski definition) is 2. The highest BCUT2D eigenvalue weighted by Crippen LogP contribution is 2.29. The number of likely N-dealkylation sites (tertiary alicyclic amines) is 1. The summed E-state index contributed by atoms with van der Waals surface area (Å²) in [6, 6.07) is 1.92. The molecule has 0 bridgehead atoms. The Morgan fingerprint density at radius 3 is 2.76 bits per heavy atom. The van der Waals surface area contributed by atoms with Gasteiger partial charge in [0.05, 0.1) is 6.61 Å². The smallest absolute Gasteiger partial charge is 0.407 e. The fourth-order valence-corrected chi connectivity index (χ4v) is 2.35. The Morgan fingerprint density at radius 2 is 2.18 bits per heavy atom. The van der Waals surface area contributed by atoms with Gasteiger partial charge in [0.1, 0.15) is 0 Å². The number of rotatable bonds is 2. The summed E-state index contributed by atoms with van der Waals surface area (Å²) >= 11 is 0. The van der Waals surface area contributed by atoms with Crippen LogP contribution in [0.1, 0.15) is 29.9 Å². The van der Waals surface area contributed by atoms with Crippen molar-refractivity contribution in [2.75, 3.05) is 13.1 Å². The summed E-state index contributed by atoms with van der Waals surface area (Å²) in [5.41, 5.74) is 1.95. The quantitative estimate of drug-likeness (QED) is 0.814. The Kier molecular flexibility index (Phi) is 3.58. The molecular weight excluding hydrogens is 220 g/mol. The Labute approximate surface area is 99.7 Å². The Bertz CT molecular complexity index is 400. The highest BCUT2D eigenvalue weighted by Gasteiger charge is 2.24. The van der Waals surface area contributed by atoms with Crippen molar-refractivity contribution in [1.29, 1.82) is 0 Å². The first-order chi connectivity index (χ1) is 8.22. The number of carboxylic acid groups (broad SMARTS) is 1. The molecule has 1 aliphatic rings. The van der Waals surface area contributed by atoms with Gasteiger partial charge in [-0.3, -0.25) is 4.98 Å². The summed E-state index contributed by atoms with van der Waals surface area (Å²) in [6.45, 7) is 1.11. The second-order valence-corrected chi connectivity index (χ2v) is 4.28. The van der Waals surface area contributed by atoms with Crippen LogP contribution < -0.4 is 0 Å². The van der Waals surface area contributed by atoms with Crippen molar-refractivity contribution >= 4 is 6.09 Å². The first-order valence-corrected chi connectivity index (χ1v) is 5.74. The fraction of sp³-hybridized carbons (Fsp3) is 0.500. The minimum absolute atomic E-state index is 0.0116. The summed E-state index contributed by atoms with van der Waals surface area (Å²) in [5.74, 6) is 0.329. The lowest BCUT2D eigenvalue weighted by Crippen LogP contribution is -2.37. The van der Waals surface area contributed by atoms with Crippen LogP contribution in [-0.2, 0) is 6.61 Å². The van der Waals surface area contributed by atoms with Crippen LogP contribution in [0.5, 0.6) is 0 Å². The predicted octanol–water partition coefficient (Wildman–Crippen LogP) is 1.43. The van der Waals surface area contributed by atoms with Crippen LogP contribution in [0.25, 0.3) is 0 Å². The van der Waals surface area contributed by atoms with Crippen LogP contribution in [0.15, 0.2) is 18.5 Å². The standard InChI is InChI=1S/C12H16N2O3/c15-8-10-7-13-4-1-11(10)9-2-5-14(6-3-9)12(16)17/h1,4,7,9,15H,2-3,5-6,8H2,(H,16,17). The van der Waals surface area contributed by atoms with E-state index in [1.165, 1.54) is 4.90 Å². The zero-order chi connectivity index (χ0) is 12.3. The molecule has 1 saturated heterocycles. The molecule has 0 spiro atoms. The molecule has 1 amide bonds. The molecule has 2 rings (SSSR count). The summed E-state index contributed by atoms with van der Waals surface area (Å²) < 4.78 is 0. The molecule has 1 fully saturated rings. The van der Waals surface area contributed by atoms with Gasteiger partial charge in [0, 0.05) is 25.5 Å². The number of nitrogens with zero attached hydrogens (tertiary/aromatic N) is 2. The lowest BCUT2D eigenvalue weighted by molar-refractivity contribution is 0.132. The summed E-state index contributed by atoms with van der Waals surface area (Å²) in [6.07, 6.45) is 4.17. The molecule has 2 heterocycles. The SMILES string of the molecule is O=C(O)N1CCC(c2ccncc2CO)CC1. The molecule has 0 aromatic carbocycles. The van der Waals surface area contributed by atoms with E-state index in [1.54, 1.807) is 12.4 Å². The maximum absolute atomic E-state index is 10.8. The highest BCUT2D eigenvalue weighted by atomic mass is 16.4. The number of carbonyl (C=O) groups is 1. The molecule has 92 valence electrons. The van der Waals surface area contributed by atoms with Crippen LogP contribution in [0.2, 0.25) is 0 Å². The molecule has 5 heteroatoms. The van der Waals surface area contributed by atoms with E-state index in [9.17, 15) is 9.90 Å². The normalized spacial score (nSPS) is 17.1. The molecule has 0 radical (unpaired) electrons. The average Bonchev–Trinajstić information content (AvgIpc) is 2.39. The second-order valence-electron chi connectivity index (χ2n) is 4.28. The van der Waals surface area contributed by atoms with Gasteiger partial charge in [-0.25, -0.2) is 4.79 Å². The number of aliphatic hydroxyl groups is 1. The molecule has 17 heavy (non-hydrogen) atoms. The highest BCUT2D eigenvalue weighted by molar-refractivity contribution is 5.65. The van der Waals surface area contributed by atoms with Crippen molar-refractivity contribution in [1.82, 2.24) is 9.88 Å². The van der Waals surface area contributed by atoms with E-state index in [0.717, 1.165) is 24.0 Å². The van der Waals surface area contributed by atoms with E-state index in [4.69, 9.17) is 5.11 Å². The first-order valence-electron chi connectivity index (χ1n) is 5.74. The maximum Gasteiger partial charge on any atom is 0.407 e. The topological polar surface area (TPSA) is 73.7 Å². The molecular formula is C12H16N2O3. The van der Waals surface area contributed by atoms with Gasteiger partial charge in [-0.05, 0) is 36.0 Å². The monoisotopic (exact) mass is 236 g/mol. The van der Waals surface area contributed by atoms with Gasteiger partial charge in [-0.2, -0.15) is 0 Å². The van der Waals surface area contributed by atoms with E-state index in [2.05, 4.69) is 4.98 Å². The van der Waals surface area contributed by atoms with Gasteiger partial charge in [0.25, 0.3) is 0 Å². The second kappa shape index (κ2) is 5.14. The minimum atomic E-state index is -0.847. The van der Waals surface area contributed by atoms with E-state index in [-0.39, 0.29) is 6.61 Å². The number of aromatic nitrogens is 1. The number of piperidine rings is 1.